The van der Waals surface area contributed by atoms with Gasteiger partial charge in [-0.2, -0.15) is 5.10 Å². The van der Waals surface area contributed by atoms with Crippen molar-refractivity contribution in [1.29, 1.82) is 0 Å². The minimum Gasteiger partial charge on any atom is -0.381 e. The third-order valence-corrected chi connectivity index (χ3v) is 4.33. The van der Waals surface area contributed by atoms with Crippen LogP contribution in [0.3, 0.4) is 0 Å². The summed E-state index contributed by atoms with van der Waals surface area (Å²) in [5, 5.41) is 5.00. The van der Waals surface area contributed by atoms with Crippen LogP contribution in [0.15, 0.2) is 47.9 Å². The van der Waals surface area contributed by atoms with Gasteiger partial charge in [-0.25, -0.2) is 9.67 Å². The van der Waals surface area contributed by atoms with Crippen LogP contribution < -0.4 is 0 Å². The largest absolute Gasteiger partial charge is 0.381 e. The van der Waals surface area contributed by atoms with Gasteiger partial charge in [0.05, 0.1) is 41.2 Å². The van der Waals surface area contributed by atoms with Crippen molar-refractivity contribution in [2.75, 3.05) is 19.0 Å². The summed E-state index contributed by atoms with van der Waals surface area (Å²) in [4.78, 5) is 8.52. The summed E-state index contributed by atoms with van der Waals surface area (Å²) < 4.78 is 19.1. The number of hydrogen-bond donors (Lipinski definition) is 0. The second kappa shape index (κ2) is 6.76. The molecule has 0 saturated carbocycles. The summed E-state index contributed by atoms with van der Waals surface area (Å²) in [5.41, 5.74) is 2.33. The molecule has 1 unspecified atom stereocenters. The van der Waals surface area contributed by atoms with Gasteiger partial charge in [0.15, 0.2) is 0 Å². The second-order valence-electron chi connectivity index (χ2n) is 4.59. The van der Waals surface area contributed by atoms with E-state index < -0.39 is 10.8 Å². The molecule has 0 amide bonds. The molecule has 114 valence electrons. The maximum absolute atomic E-state index is 12.2. The van der Waals surface area contributed by atoms with Crippen LogP contribution in [0, 0.1) is 0 Å². The first-order valence-electron chi connectivity index (χ1n) is 7.01. The van der Waals surface area contributed by atoms with E-state index in [4.69, 9.17) is 4.74 Å². The zero-order valence-corrected chi connectivity index (χ0v) is 13.0. The highest BCUT2D eigenvalue weighted by atomic mass is 32.2. The monoisotopic (exact) mass is 316 g/mol. The van der Waals surface area contributed by atoms with Crippen LogP contribution in [-0.4, -0.2) is 42.9 Å². The Morgan fingerprint density at radius 2 is 2.18 bits per heavy atom. The van der Waals surface area contributed by atoms with Gasteiger partial charge in [0.1, 0.15) is 16.1 Å². The third-order valence-electron chi connectivity index (χ3n) is 3.10. The van der Waals surface area contributed by atoms with Crippen LogP contribution in [-0.2, 0) is 15.5 Å². The number of fused-ring (bicyclic) bond motifs is 1. The van der Waals surface area contributed by atoms with Gasteiger partial charge in [-0.15, -0.1) is 0 Å². The quantitative estimate of drug-likeness (QED) is 0.650. The van der Waals surface area contributed by atoms with Crippen LogP contribution in [0.1, 0.15) is 6.92 Å². The minimum absolute atomic E-state index is 0.448. The number of ether oxygens (including phenoxy) is 1. The van der Waals surface area contributed by atoms with Crippen molar-refractivity contribution < 1.29 is 8.95 Å². The molecule has 22 heavy (non-hydrogen) atoms. The normalized spacial score (nSPS) is 12.6. The Bertz CT molecular complexity index is 789. The highest BCUT2D eigenvalue weighted by Crippen LogP contribution is 2.15. The fourth-order valence-corrected chi connectivity index (χ4v) is 2.92. The first kappa shape index (κ1) is 14.8. The van der Waals surface area contributed by atoms with Crippen molar-refractivity contribution >= 4 is 21.8 Å². The van der Waals surface area contributed by atoms with Crippen LogP contribution >= 0.6 is 0 Å². The predicted octanol–water partition coefficient (Wildman–Crippen LogP) is 1.96. The topological polar surface area (TPSA) is 69.9 Å². The molecule has 0 radical (unpaired) electrons. The van der Waals surface area contributed by atoms with Gasteiger partial charge in [-0.3, -0.25) is 9.19 Å². The summed E-state index contributed by atoms with van der Waals surface area (Å²) in [6.07, 6.45) is 5.26. The Morgan fingerprint density at radius 1 is 1.27 bits per heavy atom. The molecule has 0 saturated heterocycles. The molecule has 0 fully saturated rings. The fourth-order valence-electron chi connectivity index (χ4n) is 2.02. The minimum atomic E-state index is -1.16. The molecule has 0 N–H and O–H groups in total. The fraction of sp³-hybridized carbons (Fsp3) is 0.267. The van der Waals surface area contributed by atoms with E-state index in [0.29, 0.717) is 29.5 Å². The smallest absolute Gasteiger partial charge is 0.128 e. The summed E-state index contributed by atoms with van der Waals surface area (Å²) in [6, 6.07) is 7.36. The zero-order chi connectivity index (χ0) is 15.4. The number of aromatic nitrogens is 4. The van der Waals surface area contributed by atoms with Crippen LogP contribution in [0.25, 0.3) is 16.7 Å². The highest BCUT2D eigenvalue weighted by molar-refractivity contribution is 7.85. The first-order valence-corrected chi connectivity index (χ1v) is 8.33. The Balaban J connectivity index is 1.86. The van der Waals surface area contributed by atoms with Gasteiger partial charge in [-0.1, -0.05) is 0 Å². The van der Waals surface area contributed by atoms with Crippen molar-refractivity contribution in [2.24, 2.45) is 0 Å². The SMILES string of the molecule is CCOCCS(=O)c1ccc2nn(-c3cccnc3)cc2n1. The number of pyridine rings is 2. The van der Waals surface area contributed by atoms with Crippen molar-refractivity contribution in [3.63, 3.8) is 0 Å². The lowest BCUT2D eigenvalue weighted by molar-refractivity contribution is 0.164. The van der Waals surface area contributed by atoms with E-state index in [1.54, 1.807) is 23.1 Å². The lowest BCUT2D eigenvalue weighted by atomic mass is 10.4. The molecule has 3 rings (SSSR count). The first-order chi connectivity index (χ1) is 10.8. The maximum atomic E-state index is 12.2. The summed E-state index contributed by atoms with van der Waals surface area (Å²) in [6.45, 7) is 3.01. The molecule has 0 aliphatic heterocycles. The second-order valence-corrected chi connectivity index (χ2v) is 6.10. The molecule has 3 heterocycles. The summed E-state index contributed by atoms with van der Waals surface area (Å²) >= 11 is 0. The molecule has 0 bridgehead atoms. The average Bonchev–Trinajstić information content (AvgIpc) is 2.99. The highest BCUT2D eigenvalue weighted by Gasteiger charge is 2.09. The molecule has 0 spiro atoms. The van der Waals surface area contributed by atoms with E-state index in [0.717, 1.165) is 11.2 Å². The molecule has 0 aliphatic rings. The Labute approximate surface area is 130 Å². The van der Waals surface area contributed by atoms with E-state index >= 15 is 0 Å². The zero-order valence-electron chi connectivity index (χ0n) is 12.2. The molecular formula is C15H16N4O2S. The number of rotatable bonds is 6. The van der Waals surface area contributed by atoms with Gasteiger partial charge in [-0.05, 0) is 31.2 Å². The summed E-state index contributed by atoms with van der Waals surface area (Å²) in [7, 11) is -1.16. The molecular weight excluding hydrogens is 300 g/mol. The van der Waals surface area contributed by atoms with Gasteiger partial charge in [0.2, 0.25) is 0 Å². The van der Waals surface area contributed by atoms with Crippen molar-refractivity contribution in [1.82, 2.24) is 19.7 Å². The molecule has 3 aromatic rings. The number of hydrogen-bond acceptors (Lipinski definition) is 5. The molecule has 1 atom stereocenters. The molecule has 0 aliphatic carbocycles. The molecule has 0 aromatic carbocycles. The van der Waals surface area contributed by atoms with Crippen LogP contribution in [0.5, 0.6) is 0 Å². The van der Waals surface area contributed by atoms with Gasteiger partial charge in [0.25, 0.3) is 0 Å². The molecule has 6 nitrogen and oxygen atoms in total. The van der Waals surface area contributed by atoms with E-state index in [1.165, 1.54) is 0 Å². The van der Waals surface area contributed by atoms with Crippen molar-refractivity contribution in [2.45, 2.75) is 11.9 Å². The summed E-state index contributed by atoms with van der Waals surface area (Å²) in [5.74, 6) is 0.448. The van der Waals surface area contributed by atoms with E-state index in [-0.39, 0.29) is 0 Å². The van der Waals surface area contributed by atoms with Gasteiger partial charge >= 0.3 is 0 Å². The van der Waals surface area contributed by atoms with Crippen LogP contribution in [0.4, 0.5) is 0 Å². The van der Waals surface area contributed by atoms with Crippen LogP contribution in [0.2, 0.25) is 0 Å². The lowest BCUT2D eigenvalue weighted by Gasteiger charge is -2.01. The maximum Gasteiger partial charge on any atom is 0.128 e. The van der Waals surface area contributed by atoms with Crippen molar-refractivity contribution in [3.05, 3.63) is 42.9 Å². The average molecular weight is 316 g/mol. The predicted molar refractivity (Wildman–Crippen MR) is 84.4 cm³/mol. The van der Waals surface area contributed by atoms with E-state index in [1.807, 2.05) is 31.3 Å². The molecule has 7 heteroatoms. The Hall–Kier alpha value is -2.12. The standard InChI is InChI=1S/C15H16N4O2S/c1-2-21-8-9-22(20)15-6-5-13-14(17-15)11-19(18-13)12-4-3-7-16-10-12/h3-7,10-11H,2,8-9H2,1H3. The van der Waals surface area contributed by atoms with E-state index in [9.17, 15) is 4.21 Å². The van der Waals surface area contributed by atoms with Gasteiger partial charge in [0, 0.05) is 12.8 Å². The third kappa shape index (κ3) is 3.20. The lowest BCUT2D eigenvalue weighted by Crippen LogP contribution is -2.07. The van der Waals surface area contributed by atoms with Gasteiger partial charge < -0.3 is 4.74 Å². The molecule has 3 aromatic heterocycles. The number of nitrogens with zero attached hydrogens (tertiary/aromatic N) is 4. The van der Waals surface area contributed by atoms with E-state index in [2.05, 4.69) is 15.1 Å². The Kier molecular flexibility index (Phi) is 4.55. The Morgan fingerprint density at radius 3 is 2.95 bits per heavy atom. The van der Waals surface area contributed by atoms with Crippen molar-refractivity contribution in [3.8, 4) is 5.69 Å².